The lowest BCUT2D eigenvalue weighted by Crippen LogP contribution is -2.14. The smallest absolute Gasteiger partial charge is 0.387 e. The molecule has 0 aliphatic heterocycles. The van der Waals surface area contributed by atoms with Gasteiger partial charge in [-0.15, -0.1) is 0 Å². The summed E-state index contributed by atoms with van der Waals surface area (Å²) in [6.07, 6.45) is 6.00. The Kier molecular flexibility index (Phi) is 9.19. The van der Waals surface area contributed by atoms with Gasteiger partial charge in [-0.3, -0.25) is 0 Å². The molecule has 1 atom stereocenters. The molecule has 0 unspecified atom stereocenters. The van der Waals surface area contributed by atoms with Crippen LogP contribution in [0, 0.1) is 5.92 Å². The van der Waals surface area contributed by atoms with Crippen molar-refractivity contribution in [1.82, 2.24) is 4.98 Å². The first kappa shape index (κ1) is 25.8. The van der Waals surface area contributed by atoms with E-state index in [1.165, 1.54) is 24.3 Å². The first-order chi connectivity index (χ1) is 16.3. The quantitative estimate of drug-likeness (QED) is 0.236. The second kappa shape index (κ2) is 12.1. The molecule has 0 amide bonds. The van der Waals surface area contributed by atoms with Gasteiger partial charge in [0, 0.05) is 22.7 Å². The SMILES string of the molecule is C=C/C(Cl)=C(C[C@H](OC(=O)c1ccc[nH]1)c1ccc(OC(F)F)c(OCC2CC2)c1)\C(Cl)=C/C. The van der Waals surface area contributed by atoms with E-state index >= 15 is 0 Å². The highest BCUT2D eigenvalue weighted by Gasteiger charge is 2.26. The number of ether oxygens (including phenoxy) is 3. The van der Waals surface area contributed by atoms with E-state index in [4.69, 9.17) is 32.7 Å². The maximum absolute atomic E-state index is 12.9. The summed E-state index contributed by atoms with van der Waals surface area (Å²) in [6.45, 7) is 2.80. The molecule has 0 bridgehead atoms. The number of esters is 1. The zero-order valence-electron chi connectivity index (χ0n) is 18.5. The molecule has 182 valence electrons. The molecule has 0 spiro atoms. The predicted octanol–water partition coefficient (Wildman–Crippen LogP) is 7.51. The van der Waals surface area contributed by atoms with E-state index in [1.54, 1.807) is 31.3 Å². The highest BCUT2D eigenvalue weighted by Crippen LogP contribution is 2.39. The van der Waals surface area contributed by atoms with Crippen LogP contribution in [-0.4, -0.2) is 24.2 Å². The number of aromatic nitrogens is 1. The average molecular weight is 512 g/mol. The molecule has 34 heavy (non-hydrogen) atoms. The van der Waals surface area contributed by atoms with Gasteiger partial charge in [0.1, 0.15) is 11.8 Å². The van der Waals surface area contributed by atoms with Crippen LogP contribution in [0.3, 0.4) is 0 Å². The molecule has 5 nitrogen and oxygen atoms in total. The van der Waals surface area contributed by atoms with Crippen molar-refractivity contribution < 1.29 is 27.8 Å². The Morgan fingerprint density at radius 2 is 2.03 bits per heavy atom. The van der Waals surface area contributed by atoms with Crippen LogP contribution in [0.5, 0.6) is 11.5 Å². The average Bonchev–Trinajstić information content (AvgIpc) is 3.49. The van der Waals surface area contributed by atoms with Crippen LogP contribution in [0.15, 0.2) is 70.9 Å². The summed E-state index contributed by atoms with van der Waals surface area (Å²) in [7, 11) is 0. The highest BCUT2D eigenvalue weighted by atomic mass is 35.5. The Hall–Kier alpha value is -2.77. The van der Waals surface area contributed by atoms with E-state index in [0.29, 0.717) is 33.7 Å². The summed E-state index contributed by atoms with van der Waals surface area (Å²) in [5, 5.41) is 0.667. The van der Waals surface area contributed by atoms with Crippen LogP contribution < -0.4 is 9.47 Å². The molecule has 0 radical (unpaired) electrons. The van der Waals surface area contributed by atoms with Gasteiger partial charge in [0.05, 0.1) is 6.61 Å². The monoisotopic (exact) mass is 511 g/mol. The fraction of sp³-hybridized carbons (Fsp3) is 0.320. The van der Waals surface area contributed by atoms with E-state index in [2.05, 4.69) is 16.3 Å². The number of H-pyrrole nitrogens is 1. The topological polar surface area (TPSA) is 60.6 Å². The number of nitrogens with one attached hydrogen (secondary N) is 1. The van der Waals surface area contributed by atoms with Crippen molar-refractivity contribution >= 4 is 29.2 Å². The summed E-state index contributed by atoms with van der Waals surface area (Å²) < 4.78 is 42.0. The molecule has 1 heterocycles. The van der Waals surface area contributed by atoms with Gasteiger partial charge in [0.25, 0.3) is 0 Å². The molecular weight excluding hydrogens is 487 g/mol. The summed E-state index contributed by atoms with van der Waals surface area (Å²) in [5.74, 6) is -0.170. The number of aromatic amines is 1. The van der Waals surface area contributed by atoms with E-state index in [0.717, 1.165) is 12.8 Å². The van der Waals surface area contributed by atoms with E-state index < -0.39 is 18.7 Å². The molecule has 1 saturated carbocycles. The number of halogens is 4. The standard InChI is InChI=1S/C25H25Cl2F2NO4/c1-3-18(26)17(19(27)4-2)13-22(33-24(31)20-6-5-11-30-20)16-9-10-21(34-25(28)29)23(12-16)32-14-15-7-8-15/h3-6,9-12,15,22,25,30H,1,7-8,13-14H2,2H3/b18-17+,19-4+/t22-/m0/s1. The lowest BCUT2D eigenvalue weighted by molar-refractivity contribution is -0.0515. The Balaban J connectivity index is 1.98. The summed E-state index contributed by atoms with van der Waals surface area (Å²) in [6, 6.07) is 7.69. The maximum Gasteiger partial charge on any atom is 0.387 e. The molecule has 2 aromatic rings. The number of benzene rings is 1. The van der Waals surface area contributed by atoms with Crippen LogP contribution in [0.1, 0.15) is 48.3 Å². The van der Waals surface area contributed by atoms with Crippen molar-refractivity contribution in [3.8, 4) is 11.5 Å². The minimum Gasteiger partial charge on any atom is -0.489 e. The Morgan fingerprint density at radius 3 is 2.62 bits per heavy atom. The molecule has 1 aromatic carbocycles. The van der Waals surface area contributed by atoms with Gasteiger partial charge in [0.2, 0.25) is 0 Å². The zero-order chi connectivity index (χ0) is 24.7. The van der Waals surface area contributed by atoms with Crippen LogP contribution in [0.4, 0.5) is 8.78 Å². The van der Waals surface area contributed by atoms with Crippen LogP contribution in [0.2, 0.25) is 0 Å². The largest absolute Gasteiger partial charge is 0.489 e. The Labute approximate surface area is 207 Å². The van der Waals surface area contributed by atoms with Gasteiger partial charge in [-0.1, -0.05) is 48.0 Å². The second-order valence-electron chi connectivity index (χ2n) is 7.69. The first-order valence-electron chi connectivity index (χ1n) is 10.7. The molecular formula is C25H25Cl2F2NO4. The molecule has 1 aromatic heterocycles. The number of alkyl halides is 2. The Bertz CT molecular complexity index is 1060. The van der Waals surface area contributed by atoms with Crippen molar-refractivity contribution in [3.05, 3.63) is 82.2 Å². The maximum atomic E-state index is 12.9. The first-order valence-corrected chi connectivity index (χ1v) is 11.5. The number of carbonyl (C=O) groups is 1. The highest BCUT2D eigenvalue weighted by molar-refractivity contribution is 6.36. The fourth-order valence-electron chi connectivity index (χ4n) is 3.19. The van der Waals surface area contributed by atoms with Gasteiger partial charge in [-0.25, -0.2) is 4.79 Å². The molecule has 3 rings (SSSR count). The van der Waals surface area contributed by atoms with Crippen molar-refractivity contribution in [2.45, 2.75) is 38.9 Å². The van der Waals surface area contributed by atoms with Crippen LogP contribution >= 0.6 is 23.2 Å². The van der Waals surface area contributed by atoms with Gasteiger partial charge in [-0.2, -0.15) is 8.78 Å². The van der Waals surface area contributed by atoms with Crippen molar-refractivity contribution in [2.75, 3.05) is 6.61 Å². The van der Waals surface area contributed by atoms with Gasteiger partial charge < -0.3 is 19.2 Å². The van der Waals surface area contributed by atoms with Gasteiger partial charge in [0.15, 0.2) is 11.5 Å². The lowest BCUT2D eigenvalue weighted by atomic mass is 9.99. The summed E-state index contributed by atoms with van der Waals surface area (Å²) in [5.41, 5.74) is 1.27. The third kappa shape index (κ3) is 7.11. The predicted molar refractivity (Wildman–Crippen MR) is 128 cm³/mol. The molecule has 1 fully saturated rings. The molecule has 1 aliphatic rings. The van der Waals surface area contributed by atoms with E-state index in [1.807, 2.05) is 0 Å². The number of rotatable bonds is 12. The number of carbonyl (C=O) groups excluding carboxylic acids is 1. The van der Waals surface area contributed by atoms with Gasteiger partial charge >= 0.3 is 12.6 Å². The van der Waals surface area contributed by atoms with Gasteiger partial charge in [-0.05, 0) is 61.1 Å². The minimum absolute atomic E-state index is 0.0970. The third-order valence-electron chi connectivity index (χ3n) is 5.19. The van der Waals surface area contributed by atoms with Crippen molar-refractivity contribution in [2.24, 2.45) is 5.92 Å². The summed E-state index contributed by atoms with van der Waals surface area (Å²) >= 11 is 12.7. The number of hydrogen-bond donors (Lipinski definition) is 1. The van der Waals surface area contributed by atoms with E-state index in [-0.39, 0.29) is 23.6 Å². The number of hydrogen-bond acceptors (Lipinski definition) is 4. The number of allylic oxidation sites excluding steroid dienone is 4. The zero-order valence-corrected chi connectivity index (χ0v) is 20.0. The van der Waals surface area contributed by atoms with Crippen LogP contribution in [-0.2, 0) is 4.74 Å². The summed E-state index contributed by atoms with van der Waals surface area (Å²) in [4.78, 5) is 15.5. The third-order valence-corrected chi connectivity index (χ3v) is 6.02. The minimum atomic E-state index is -3.01. The fourth-order valence-corrected chi connectivity index (χ4v) is 3.60. The lowest BCUT2D eigenvalue weighted by Gasteiger charge is -2.22. The molecule has 0 saturated heterocycles. The van der Waals surface area contributed by atoms with Crippen molar-refractivity contribution in [1.29, 1.82) is 0 Å². The van der Waals surface area contributed by atoms with Crippen molar-refractivity contribution in [3.63, 3.8) is 0 Å². The van der Waals surface area contributed by atoms with Crippen LogP contribution in [0.25, 0.3) is 0 Å². The molecule has 1 aliphatic carbocycles. The molecule has 9 heteroatoms. The second-order valence-corrected chi connectivity index (χ2v) is 8.50. The molecule has 1 N–H and O–H groups in total. The van der Waals surface area contributed by atoms with E-state index in [9.17, 15) is 13.6 Å². The normalized spacial score (nSPS) is 15.5. The Morgan fingerprint density at radius 1 is 1.26 bits per heavy atom.